The zero-order chi connectivity index (χ0) is 16.4. The standard InChI is InChI=1S/C20H19N3O.2ClH/c24-20(18-13-21-12-17(18)14-6-2-1-3-7-14)23-19-10-15-8-4-5-9-16(15)11-22-19;;/h1-11,17-18,21H,12-13H2,(H,22,23,24);2*1H. The lowest BCUT2D eigenvalue weighted by atomic mass is 9.88. The van der Waals surface area contributed by atoms with Gasteiger partial charge in [-0.2, -0.15) is 0 Å². The topological polar surface area (TPSA) is 54.0 Å². The third-order valence-corrected chi connectivity index (χ3v) is 4.66. The Morgan fingerprint density at radius 2 is 1.65 bits per heavy atom. The molecule has 1 aliphatic heterocycles. The van der Waals surface area contributed by atoms with Crippen LogP contribution in [0.3, 0.4) is 0 Å². The zero-order valence-corrected chi connectivity index (χ0v) is 15.7. The van der Waals surface area contributed by atoms with Crippen molar-refractivity contribution in [3.63, 3.8) is 0 Å². The Bertz CT molecular complexity index is 873. The molecule has 0 spiro atoms. The van der Waals surface area contributed by atoms with Crippen molar-refractivity contribution in [3.8, 4) is 0 Å². The average molecular weight is 390 g/mol. The van der Waals surface area contributed by atoms with Gasteiger partial charge in [0.05, 0.1) is 5.92 Å². The number of hydrogen-bond acceptors (Lipinski definition) is 3. The quantitative estimate of drug-likeness (QED) is 0.710. The maximum absolute atomic E-state index is 12.7. The van der Waals surface area contributed by atoms with Gasteiger partial charge in [0.15, 0.2) is 0 Å². The van der Waals surface area contributed by atoms with Crippen molar-refractivity contribution >= 4 is 47.3 Å². The van der Waals surface area contributed by atoms with Crippen LogP contribution in [0.2, 0.25) is 0 Å². The van der Waals surface area contributed by atoms with Crippen molar-refractivity contribution in [2.75, 3.05) is 18.4 Å². The maximum atomic E-state index is 12.7. The number of carbonyl (C=O) groups is 1. The highest BCUT2D eigenvalue weighted by molar-refractivity contribution is 5.95. The first-order valence-corrected chi connectivity index (χ1v) is 8.22. The van der Waals surface area contributed by atoms with E-state index in [1.54, 1.807) is 6.20 Å². The Balaban J connectivity index is 0.00000121. The molecule has 1 saturated heterocycles. The van der Waals surface area contributed by atoms with Gasteiger partial charge in [0.2, 0.25) is 5.91 Å². The summed E-state index contributed by atoms with van der Waals surface area (Å²) >= 11 is 0. The molecule has 3 aromatic rings. The van der Waals surface area contributed by atoms with Gasteiger partial charge >= 0.3 is 0 Å². The molecule has 2 heterocycles. The monoisotopic (exact) mass is 389 g/mol. The molecule has 2 aromatic carbocycles. The molecule has 136 valence electrons. The molecule has 0 aliphatic carbocycles. The second kappa shape index (κ2) is 8.99. The van der Waals surface area contributed by atoms with Crippen molar-refractivity contribution in [2.45, 2.75) is 5.92 Å². The van der Waals surface area contributed by atoms with E-state index in [2.05, 4.69) is 27.8 Å². The Kier molecular flexibility index (Phi) is 6.98. The predicted molar refractivity (Wildman–Crippen MR) is 110 cm³/mol. The summed E-state index contributed by atoms with van der Waals surface area (Å²) in [6.45, 7) is 1.52. The zero-order valence-electron chi connectivity index (χ0n) is 14.1. The number of anilines is 1. The molecule has 4 rings (SSSR count). The lowest BCUT2D eigenvalue weighted by Crippen LogP contribution is -2.28. The van der Waals surface area contributed by atoms with Crippen LogP contribution in [0.15, 0.2) is 66.9 Å². The highest BCUT2D eigenvalue weighted by Gasteiger charge is 2.34. The lowest BCUT2D eigenvalue weighted by molar-refractivity contribution is -0.119. The molecule has 1 aliphatic rings. The minimum absolute atomic E-state index is 0. The molecular formula is C20H21Cl2N3O. The molecule has 0 saturated carbocycles. The second-order valence-corrected chi connectivity index (χ2v) is 6.19. The number of nitrogens with zero attached hydrogens (tertiary/aromatic N) is 1. The Morgan fingerprint density at radius 3 is 2.42 bits per heavy atom. The molecule has 1 fully saturated rings. The average Bonchev–Trinajstić information content (AvgIpc) is 3.12. The largest absolute Gasteiger partial charge is 0.315 e. The van der Waals surface area contributed by atoms with E-state index in [0.29, 0.717) is 12.4 Å². The highest BCUT2D eigenvalue weighted by atomic mass is 35.5. The van der Waals surface area contributed by atoms with E-state index in [1.165, 1.54) is 5.56 Å². The molecule has 2 N–H and O–H groups in total. The van der Waals surface area contributed by atoms with E-state index in [1.807, 2.05) is 48.5 Å². The van der Waals surface area contributed by atoms with Crippen LogP contribution >= 0.6 is 24.8 Å². The Labute approximate surface area is 165 Å². The molecule has 2 atom stereocenters. The van der Waals surface area contributed by atoms with E-state index in [4.69, 9.17) is 0 Å². The molecule has 0 bridgehead atoms. The third kappa shape index (κ3) is 4.15. The van der Waals surface area contributed by atoms with E-state index in [9.17, 15) is 4.79 Å². The fraction of sp³-hybridized carbons (Fsp3) is 0.200. The number of hydrogen-bond donors (Lipinski definition) is 2. The van der Waals surface area contributed by atoms with Crippen molar-refractivity contribution < 1.29 is 4.79 Å². The first kappa shape index (κ1) is 20.2. The minimum atomic E-state index is -0.0827. The van der Waals surface area contributed by atoms with Gasteiger partial charge in [-0.05, 0) is 17.0 Å². The van der Waals surface area contributed by atoms with E-state index in [-0.39, 0.29) is 42.6 Å². The highest BCUT2D eigenvalue weighted by Crippen LogP contribution is 2.29. The summed E-state index contributed by atoms with van der Waals surface area (Å²) in [5, 5.41) is 8.47. The molecule has 1 aromatic heterocycles. The van der Waals surface area contributed by atoms with Crippen LogP contribution in [0.1, 0.15) is 11.5 Å². The number of pyridine rings is 1. The number of fused-ring (bicyclic) bond motifs is 1. The molecule has 4 nitrogen and oxygen atoms in total. The Hall–Kier alpha value is -2.14. The first-order chi connectivity index (χ1) is 11.8. The fourth-order valence-corrected chi connectivity index (χ4v) is 3.38. The van der Waals surface area contributed by atoms with Gasteiger partial charge in [-0.15, -0.1) is 24.8 Å². The number of rotatable bonds is 3. The van der Waals surface area contributed by atoms with Gasteiger partial charge in [0.25, 0.3) is 0 Å². The normalized spacial score (nSPS) is 18.6. The molecular weight excluding hydrogens is 369 g/mol. The predicted octanol–water partition coefficient (Wildman–Crippen LogP) is 4.02. The molecule has 1 amide bonds. The van der Waals surface area contributed by atoms with Gasteiger partial charge in [-0.1, -0.05) is 54.6 Å². The number of amides is 1. The fourth-order valence-electron chi connectivity index (χ4n) is 3.38. The summed E-state index contributed by atoms with van der Waals surface area (Å²) in [6, 6.07) is 20.2. The number of benzene rings is 2. The summed E-state index contributed by atoms with van der Waals surface area (Å²) in [7, 11) is 0. The van der Waals surface area contributed by atoms with Gasteiger partial charge in [0.1, 0.15) is 5.82 Å². The summed E-state index contributed by atoms with van der Waals surface area (Å²) in [5.41, 5.74) is 1.20. The van der Waals surface area contributed by atoms with Gasteiger partial charge in [-0.25, -0.2) is 4.98 Å². The Morgan fingerprint density at radius 1 is 0.962 bits per heavy atom. The van der Waals surface area contributed by atoms with Gasteiger partial charge in [0, 0.05) is 30.6 Å². The molecule has 0 radical (unpaired) electrons. The van der Waals surface area contributed by atoms with Crippen molar-refractivity contribution in [2.24, 2.45) is 5.92 Å². The number of nitrogens with one attached hydrogen (secondary N) is 2. The lowest BCUT2D eigenvalue weighted by Gasteiger charge is -2.18. The summed E-state index contributed by atoms with van der Waals surface area (Å²) in [6.07, 6.45) is 1.80. The van der Waals surface area contributed by atoms with Crippen LogP contribution in [0.5, 0.6) is 0 Å². The van der Waals surface area contributed by atoms with E-state index in [0.717, 1.165) is 17.3 Å². The van der Waals surface area contributed by atoms with Gasteiger partial charge < -0.3 is 10.6 Å². The van der Waals surface area contributed by atoms with E-state index >= 15 is 0 Å². The second-order valence-electron chi connectivity index (χ2n) is 6.19. The smallest absolute Gasteiger partial charge is 0.230 e. The molecule has 26 heavy (non-hydrogen) atoms. The van der Waals surface area contributed by atoms with Crippen molar-refractivity contribution in [1.29, 1.82) is 0 Å². The van der Waals surface area contributed by atoms with Gasteiger partial charge in [-0.3, -0.25) is 4.79 Å². The number of halogens is 2. The van der Waals surface area contributed by atoms with Crippen molar-refractivity contribution in [3.05, 3.63) is 72.4 Å². The van der Waals surface area contributed by atoms with Crippen LogP contribution in [0, 0.1) is 5.92 Å². The summed E-state index contributed by atoms with van der Waals surface area (Å²) in [5.74, 6) is 0.751. The third-order valence-electron chi connectivity index (χ3n) is 4.66. The molecule has 2 unspecified atom stereocenters. The SMILES string of the molecule is Cl.Cl.O=C(Nc1cc2ccccc2cn1)C1CNCC1c1ccccc1. The van der Waals surface area contributed by atoms with Crippen LogP contribution in [0.25, 0.3) is 10.8 Å². The summed E-state index contributed by atoms with van der Waals surface area (Å²) < 4.78 is 0. The molecule has 6 heteroatoms. The minimum Gasteiger partial charge on any atom is -0.315 e. The number of aromatic nitrogens is 1. The maximum Gasteiger partial charge on any atom is 0.230 e. The van der Waals surface area contributed by atoms with Crippen LogP contribution in [-0.2, 0) is 4.79 Å². The first-order valence-electron chi connectivity index (χ1n) is 8.22. The summed E-state index contributed by atoms with van der Waals surface area (Å²) in [4.78, 5) is 17.1. The van der Waals surface area contributed by atoms with Crippen LogP contribution in [-0.4, -0.2) is 24.0 Å². The number of carbonyl (C=O) groups excluding carboxylic acids is 1. The van der Waals surface area contributed by atoms with Crippen LogP contribution in [0.4, 0.5) is 5.82 Å². The van der Waals surface area contributed by atoms with E-state index < -0.39 is 0 Å². The van der Waals surface area contributed by atoms with Crippen LogP contribution < -0.4 is 10.6 Å². The van der Waals surface area contributed by atoms with Crippen molar-refractivity contribution in [1.82, 2.24) is 10.3 Å².